The molecule has 3 N–H and O–H groups in total. The Morgan fingerprint density at radius 2 is 2.24 bits per heavy atom. The number of amides is 1. The first-order valence-corrected chi connectivity index (χ1v) is 8.53. The number of sulfonamides is 1. The summed E-state index contributed by atoms with van der Waals surface area (Å²) in [6.07, 6.45) is 3.00. The molecule has 1 unspecified atom stereocenters. The Labute approximate surface area is 123 Å². The van der Waals surface area contributed by atoms with Gasteiger partial charge in [0.05, 0.1) is 17.5 Å². The highest BCUT2D eigenvalue weighted by molar-refractivity contribution is 7.92. The van der Waals surface area contributed by atoms with Crippen molar-refractivity contribution in [2.24, 2.45) is 0 Å². The predicted molar refractivity (Wildman–Crippen MR) is 78.2 cm³/mol. The minimum atomic E-state index is -3.54. The van der Waals surface area contributed by atoms with Crippen molar-refractivity contribution in [1.82, 2.24) is 10.6 Å². The Balaban J connectivity index is 2.12. The molecule has 1 amide bonds. The van der Waals surface area contributed by atoms with Gasteiger partial charge in [0.25, 0.3) is 5.91 Å². The fourth-order valence-corrected chi connectivity index (χ4v) is 2.81. The van der Waals surface area contributed by atoms with E-state index in [0.717, 1.165) is 37.8 Å². The lowest BCUT2D eigenvalue weighted by atomic mass is 10.1. The van der Waals surface area contributed by atoms with Gasteiger partial charge in [-0.05, 0) is 37.6 Å². The van der Waals surface area contributed by atoms with E-state index < -0.39 is 21.7 Å². The molecule has 0 bridgehead atoms. The standard InChI is InChI=1S/C13H18FN3O3S/c1-21(19,20)17-12-5-4-9(14)7-11(12)13(18)16-8-10-3-2-6-15-10/h4-5,7,10,15,17H,2-3,6,8H2,1H3,(H,16,18). The summed E-state index contributed by atoms with van der Waals surface area (Å²) in [5.41, 5.74) is 0.0363. The maximum Gasteiger partial charge on any atom is 0.253 e. The van der Waals surface area contributed by atoms with Gasteiger partial charge >= 0.3 is 0 Å². The molecule has 1 aromatic rings. The van der Waals surface area contributed by atoms with Crippen LogP contribution >= 0.6 is 0 Å². The molecule has 8 heteroatoms. The van der Waals surface area contributed by atoms with E-state index in [1.165, 1.54) is 6.07 Å². The zero-order chi connectivity index (χ0) is 15.5. The maximum absolute atomic E-state index is 13.3. The van der Waals surface area contributed by atoms with Crippen molar-refractivity contribution >= 4 is 21.6 Å². The lowest BCUT2D eigenvalue weighted by molar-refractivity contribution is 0.0951. The molecule has 0 radical (unpaired) electrons. The molecule has 0 aliphatic carbocycles. The minimum Gasteiger partial charge on any atom is -0.350 e. The van der Waals surface area contributed by atoms with Crippen molar-refractivity contribution in [3.05, 3.63) is 29.6 Å². The summed E-state index contributed by atoms with van der Waals surface area (Å²) in [5.74, 6) is -1.10. The van der Waals surface area contributed by atoms with Crippen molar-refractivity contribution in [3.8, 4) is 0 Å². The van der Waals surface area contributed by atoms with E-state index in [-0.39, 0.29) is 17.3 Å². The second kappa shape index (κ2) is 6.40. The molecule has 1 fully saturated rings. The molecule has 1 aliphatic rings. The Kier molecular flexibility index (Phi) is 4.79. The van der Waals surface area contributed by atoms with Crippen LogP contribution in [0.1, 0.15) is 23.2 Å². The van der Waals surface area contributed by atoms with Crippen LogP contribution in [0, 0.1) is 5.82 Å². The Morgan fingerprint density at radius 1 is 1.48 bits per heavy atom. The topological polar surface area (TPSA) is 87.3 Å². The van der Waals surface area contributed by atoms with Crippen LogP contribution in [0.5, 0.6) is 0 Å². The predicted octanol–water partition coefficient (Wildman–Crippen LogP) is 0.679. The Hall–Kier alpha value is -1.67. The van der Waals surface area contributed by atoms with Crippen LogP contribution < -0.4 is 15.4 Å². The van der Waals surface area contributed by atoms with Crippen LogP contribution in [0.25, 0.3) is 0 Å². The summed E-state index contributed by atoms with van der Waals surface area (Å²) in [4.78, 5) is 12.1. The molecular weight excluding hydrogens is 297 g/mol. The van der Waals surface area contributed by atoms with Crippen LogP contribution in [0.15, 0.2) is 18.2 Å². The molecule has 0 spiro atoms. The molecule has 1 aromatic carbocycles. The highest BCUT2D eigenvalue weighted by atomic mass is 32.2. The molecule has 1 aliphatic heterocycles. The number of carbonyl (C=O) groups excluding carboxylic acids is 1. The summed E-state index contributed by atoms with van der Waals surface area (Å²) in [7, 11) is -3.54. The molecule has 1 saturated heterocycles. The normalized spacial score (nSPS) is 18.5. The molecule has 0 saturated carbocycles. The lowest BCUT2D eigenvalue weighted by Gasteiger charge is -2.14. The highest BCUT2D eigenvalue weighted by Gasteiger charge is 2.18. The van der Waals surface area contributed by atoms with E-state index in [1.54, 1.807) is 0 Å². The van der Waals surface area contributed by atoms with Gasteiger partial charge in [0.2, 0.25) is 10.0 Å². The van der Waals surface area contributed by atoms with Gasteiger partial charge in [-0.2, -0.15) is 0 Å². The summed E-state index contributed by atoms with van der Waals surface area (Å²) < 4.78 is 38.1. The SMILES string of the molecule is CS(=O)(=O)Nc1ccc(F)cc1C(=O)NCC1CCCN1. The van der Waals surface area contributed by atoms with Crippen LogP contribution in [0.3, 0.4) is 0 Å². The molecular formula is C13H18FN3O3S. The summed E-state index contributed by atoms with van der Waals surface area (Å²) in [5, 5.41) is 5.92. The summed E-state index contributed by atoms with van der Waals surface area (Å²) in [6, 6.07) is 3.56. The van der Waals surface area contributed by atoms with Gasteiger partial charge in [0.1, 0.15) is 5.82 Å². The second-order valence-corrected chi connectivity index (χ2v) is 6.82. The third-order valence-electron chi connectivity index (χ3n) is 3.19. The van der Waals surface area contributed by atoms with E-state index in [4.69, 9.17) is 0 Å². The first-order valence-electron chi connectivity index (χ1n) is 6.64. The van der Waals surface area contributed by atoms with Crippen LogP contribution in [-0.4, -0.2) is 39.7 Å². The fourth-order valence-electron chi connectivity index (χ4n) is 2.24. The zero-order valence-corrected chi connectivity index (χ0v) is 12.5. The van der Waals surface area contributed by atoms with Crippen molar-refractivity contribution < 1.29 is 17.6 Å². The van der Waals surface area contributed by atoms with Crippen molar-refractivity contribution in [2.75, 3.05) is 24.1 Å². The Morgan fingerprint density at radius 3 is 2.86 bits per heavy atom. The summed E-state index contributed by atoms with van der Waals surface area (Å²) in [6.45, 7) is 1.34. The molecule has 21 heavy (non-hydrogen) atoms. The van der Waals surface area contributed by atoms with E-state index in [0.29, 0.717) is 6.54 Å². The van der Waals surface area contributed by atoms with E-state index in [2.05, 4.69) is 15.4 Å². The van der Waals surface area contributed by atoms with Crippen LogP contribution in [0.2, 0.25) is 0 Å². The molecule has 1 atom stereocenters. The average molecular weight is 315 g/mol. The molecule has 1 heterocycles. The zero-order valence-electron chi connectivity index (χ0n) is 11.6. The minimum absolute atomic E-state index is 0.0292. The number of hydrogen-bond acceptors (Lipinski definition) is 4. The molecule has 116 valence electrons. The van der Waals surface area contributed by atoms with Gasteiger partial charge in [0, 0.05) is 12.6 Å². The van der Waals surface area contributed by atoms with Gasteiger partial charge < -0.3 is 10.6 Å². The van der Waals surface area contributed by atoms with Crippen LogP contribution in [-0.2, 0) is 10.0 Å². The largest absolute Gasteiger partial charge is 0.350 e. The van der Waals surface area contributed by atoms with Gasteiger partial charge in [-0.3, -0.25) is 9.52 Å². The van der Waals surface area contributed by atoms with Crippen molar-refractivity contribution in [2.45, 2.75) is 18.9 Å². The van der Waals surface area contributed by atoms with Gasteiger partial charge in [0.15, 0.2) is 0 Å². The number of nitrogens with one attached hydrogen (secondary N) is 3. The smallest absolute Gasteiger partial charge is 0.253 e. The molecule has 2 rings (SSSR count). The molecule has 6 nitrogen and oxygen atoms in total. The van der Waals surface area contributed by atoms with Gasteiger partial charge in [-0.1, -0.05) is 0 Å². The van der Waals surface area contributed by atoms with E-state index in [9.17, 15) is 17.6 Å². The number of anilines is 1. The van der Waals surface area contributed by atoms with Gasteiger partial charge in [-0.25, -0.2) is 12.8 Å². The lowest BCUT2D eigenvalue weighted by Crippen LogP contribution is -2.37. The Bertz CT molecular complexity index is 628. The monoisotopic (exact) mass is 315 g/mol. The number of benzene rings is 1. The first-order chi connectivity index (χ1) is 9.85. The third-order valence-corrected chi connectivity index (χ3v) is 3.78. The second-order valence-electron chi connectivity index (χ2n) is 5.07. The average Bonchev–Trinajstić information content (AvgIpc) is 2.89. The van der Waals surface area contributed by atoms with Crippen molar-refractivity contribution in [1.29, 1.82) is 0 Å². The summed E-state index contributed by atoms with van der Waals surface area (Å²) >= 11 is 0. The first kappa shape index (κ1) is 15.7. The maximum atomic E-state index is 13.3. The van der Waals surface area contributed by atoms with E-state index >= 15 is 0 Å². The third kappa shape index (κ3) is 4.68. The fraction of sp³-hybridized carbons (Fsp3) is 0.462. The quantitative estimate of drug-likeness (QED) is 0.746. The number of hydrogen-bond donors (Lipinski definition) is 3. The number of carbonyl (C=O) groups is 1. The highest BCUT2D eigenvalue weighted by Crippen LogP contribution is 2.18. The van der Waals surface area contributed by atoms with Gasteiger partial charge in [-0.15, -0.1) is 0 Å². The number of halogens is 1. The van der Waals surface area contributed by atoms with Crippen molar-refractivity contribution in [3.63, 3.8) is 0 Å². The number of rotatable bonds is 5. The van der Waals surface area contributed by atoms with E-state index in [1.807, 2.05) is 0 Å². The van der Waals surface area contributed by atoms with Crippen LogP contribution in [0.4, 0.5) is 10.1 Å². The molecule has 0 aromatic heterocycles.